The average Bonchev–Trinajstić information content (AvgIpc) is 2.45. The largest absolute Gasteiger partial charge is 0.496 e. The Hall–Kier alpha value is -1.78. The Bertz CT molecular complexity index is 471. The molecule has 0 aliphatic heterocycles. The number of aromatic nitrogens is 1. The summed E-state index contributed by atoms with van der Waals surface area (Å²) in [4.78, 5) is 8.68. The smallest absolute Gasteiger partial charge is 0.191 e. The van der Waals surface area contributed by atoms with Crippen LogP contribution < -0.4 is 15.4 Å². The second-order valence-electron chi connectivity index (χ2n) is 4.93. The highest BCUT2D eigenvalue weighted by Crippen LogP contribution is 2.23. The van der Waals surface area contributed by atoms with Crippen molar-refractivity contribution in [1.82, 2.24) is 15.6 Å². The minimum Gasteiger partial charge on any atom is -0.496 e. The molecule has 0 radical (unpaired) electrons. The van der Waals surface area contributed by atoms with E-state index >= 15 is 0 Å². The summed E-state index contributed by atoms with van der Waals surface area (Å²) in [6, 6.07) is 0.391. The van der Waals surface area contributed by atoms with Gasteiger partial charge in [0.15, 0.2) is 5.96 Å². The molecule has 2 N–H and O–H groups in total. The highest BCUT2D eigenvalue weighted by molar-refractivity contribution is 5.79. The Morgan fingerprint density at radius 3 is 2.70 bits per heavy atom. The number of hydrogen-bond acceptors (Lipinski definition) is 3. The molecule has 0 fully saturated rings. The standard InChI is InChI=1S/C15H26N4O/c1-7-11(3)19-15(16-5)18-9-13-12(4)14(20-6)10(2)8-17-13/h8,11H,7,9H2,1-6H3,(H2,16,18,19). The topological polar surface area (TPSA) is 58.5 Å². The number of aryl methyl sites for hydroxylation is 1. The average molecular weight is 278 g/mol. The molecule has 1 heterocycles. The fourth-order valence-electron chi connectivity index (χ4n) is 1.95. The van der Waals surface area contributed by atoms with E-state index in [9.17, 15) is 0 Å². The van der Waals surface area contributed by atoms with Gasteiger partial charge in [0.2, 0.25) is 0 Å². The van der Waals surface area contributed by atoms with Crippen molar-refractivity contribution in [2.24, 2.45) is 4.99 Å². The molecule has 112 valence electrons. The van der Waals surface area contributed by atoms with Crippen LogP contribution in [0, 0.1) is 13.8 Å². The molecular weight excluding hydrogens is 252 g/mol. The lowest BCUT2D eigenvalue weighted by Gasteiger charge is -2.17. The maximum absolute atomic E-state index is 5.42. The zero-order valence-electron chi connectivity index (χ0n) is 13.4. The van der Waals surface area contributed by atoms with E-state index in [0.29, 0.717) is 12.6 Å². The quantitative estimate of drug-likeness (QED) is 0.640. The number of rotatable bonds is 5. The van der Waals surface area contributed by atoms with E-state index in [2.05, 4.69) is 34.5 Å². The first-order chi connectivity index (χ1) is 9.53. The van der Waals surface area contributed by atoms with Gasteiger partial charge in [-0.25, -0.2) is 0 Å². The molecule has 0 bridgehead atoms. The molecule has 0 amide bonds. The van der Waals surface area contributed by atoms with Crippen LogP contribution in [0.2, 0.25) is 0 Å². The second kappa shape index (κ2) is 7.72. The summed E-state index contributed by atoms with van der Waals surface area (Å²) in [5, 5.41) is 6.61. The maximum Gasteiger partial charge on any atom is 0.191 e. The van der Waals surface area contributed by atoms with Crippen molar-refractivity contribution in [3.05, 3.63) is 23.0 Å². The number of nitrogens with one attached hydrogen (secondary N) is 2. The minimum absolute atomic E-state index is 0.391. The van der Waals surface area contributed by atoms with Crippen LogP contribution in [0.15, 0.2) is 11.2 Å². The normalized spacial score (nSPS) is 13.0. The molecule has 0 aliphatic rings. The first kappa shape index (κ1) is 16.3. The highest BCUT2D eigenvalue weighted by atomic mass is 16.5. The van der Waals surface area contributed by atoms with Crippen molar-refractivity contribution in [3.63, 3.8) is 0 Å². The summed E-state index contributed by atoms with van der Waals surface area (Å²) < 4.78 is 5.42. The molecule has 1 aromatic heterocycles. The van der Waals surface area contributed by atoms with Gasteiger partial charge in [-0.2, -0.15) is 0 Å². The zero-order chi connectivity index (χ0) is 15.1. The van der Waals surface area contributed by atoms with Gasteiger partial charge in [-0.1, -0.05) is 6.92 Å². The molecule has 0 aromatic carbocycles. The van der Waals surface area contributed by atoms with Crippen molar-refractivity contribution in [2.45, 2.75) is 46.7 Å². The minimum atomic E-state index is 0.391. The Kier molecular flexibility index (Phi) is 6.28. The van der Waals surface area contributed by atoms with Crippen molar-refractivity contribution in [1.29, 1.82) is 0 Å². The van der Waals surface area contributed by atoms with Gasteiger partial charge in [-0.05, 0) is 27.2 Å². The van der Waals surface area contributed by atoms with Crippen LogP contribution in [0.25, 0.3) is 0 Å². The maximum atomic E-state index is 5.42. The molecule has 1 aromatic rings. The molecule has 5 heteroatoms. The number of ether oxygens (including phenoxy) is 1. The van der Waals surface area contributed by atoms with Crippen LogP contribution in [0.4, 0.5) is 0 Å². The lowest BCUT2D eigenvalue weighted by molar-refractivity contribution is 0.406. The fraction of sp³-hybridized carbons (Fsp3) is 0.600. The summed E-state index contributed by atoms with van der Waals surface area (Å²) in [5.41, 5.74) is 3.09. The summed E-state index contributed by atoms with van der Waals surface area (Å²) >= 11 is 0. The van der Waals surface area contributed by atoms with Crippen LogP contribution >= 0.6 is 0 Å². The Balaban J connectivity index is 2.74. The van der Waals surface area contributed by atoms with Gasteiger partial charge in [0.05, 0.1) is 19.3 Å². The summed E-state index contributed by atoms with van der Waals surface area (Å²) in [6.45, 7) is 8.92. The molecule has 20 heavy (non-hydrogen) atoms. The number of guanidine groups is 1. The molecule has 0 spiro atoms. The molecule has 1 rings (SSSR count). The third-order valence-electron chi connectivity index (χ3n) is 3.39. The van der Waals surface area contributed by atoms with Crippen molar-refractivity contribution >= 4 is 5.96 Å². The third kappa shape index (κ3) is 4.11. The molecule has 5 nitrogen and oxygen atoms in total. The van der Waals surface area contributed by atoms with Crippen molar-refractivity contribution in [3.8, 4) is 5.75 Å². The number of hydrogen-bond donors (Lipinski definition) is 2. The van der Waals surface area contributed by atoms with E-state index in [1.54, 1.807) is 14.2 Å². The van der Waals surface area contributed by atoms with E-state index in [1.807, 2.05) is 20.0 Å². The van der Waals surface area contributed by atoms with Crippen molar-refractivity contribution in [2.75, 3.05) is 14.2 Å². The van der Waals surface area contributed by atoms with Crippen LogP contribution in [0.1, 0.15) is 37.1 Å². The number of methoxy groups -OCH3 is 1. The van der Waals surface area contributed by atoms with Crippen LogP contribution in [-0.2, 0) is 6.54 Å². The zero-order valence-corrected chi connectivity index (χ0v) is 13.4. The Morgan fingerprint density at radius 1 is 1.45 bits per heavy atom. The van der Waals surface area contributed by atoms with Gasteiger partial charge < -0.3 is 15.4 Å². The number of aliphatic imine (C=N–C) groups is 1. The van der Waals surface area contributed by atoms with Crippen molar-refractivity contribution < 1.29 is 4.74 Å². The first-order valence-corrected chi connectivity index (χ1v) is 6.99. The van der Waals surface area contributed by atoms with E-state index in [1.165, 1.54) is 0 Å². The predicted molar refractivity (Wildman–Crippen MR) is 83.4 cm³/mol. The van der Waals surface area contributed by atoms with E-state index in [0.717, 1.165) is 35.0 Å². The van der Waals surface area contributed by atoms with Gasteiger partial charge in [-0.3, -0.25) is 9.98 Å². The second-order valence-corrected chi connectivity index (χ2v) is 4.93. The molecule has 1 unspecified atom stereocenters. The van der Waals surface area contributed by atoms with Crippen LogP contribution in [0.3, 0.4) is 0 Å². The SMILES string of the molecule is CCC(C)NC(=NC)NCc1ncc(C)c(OC)c1C. The molecule has 1 atom stereocenters. The lowest BCUT2D eigenvalue weighted by atomic mass is 10.1. The van der Waals surface area contributed by atoms with Gasteiger partial charge in [0.25, 0.3) is 0 Å². The predicted octanol–water partition coefficient (Wildman–Crippen LogP) is 2.17. The van der Waals surface area contributed by atoms with E-state index in [4.69, 9.17) is 4.74 Å². The lowest BCUT2D eigenvalue weighted by Crippen LogP contribution is -2.41. The summed E-state index contributed by atoms with van der Waals surface area (Å²) in [6.07, 6.45) is 2.89. The highest BCUT2D eigenvalue weighted by Gasteiger charge is 2.10. The molecule has 0 saturated heterocycles. The molecule has 0 saturated carbocycles. The summed E-state index contributed by atoms with van der Waals surface area (Å²) in [5.74, 6) is 1.70. The van der Waals surface area contributed by atoms with E-state index in [-0.39, 0.29) is 0 Å². The van der Waals surface area contributed by atoms with Crippen LogP contribution in [-0.4, -0.2) is 31.1 Å². The van der Waals surface area contributed by atoms with Gasteiger partial charge in [-0.15, -0.1) is 0 Å². The first-order valence-electron chi connectivity index (χ1n) is 6.99. The Morgan fingerprint density at radius 2 is 2.15 bits per heavy atom. The number of nitrogens with zero attached hydrogens (tertiary/aromatic N) is 2. The van der Waals surface area contributed by atoms with Gasteiger partial charge in [0.1, 0.15) is 5.75 Å². The van der Waals surface area contributed by atoms with Gasteiger partial charge in [0, 0.05) is 30.4 Å². The summed E-state index contributed by atoms with van der Waals surface area (Å²) in [7, 11) is 3.46. The van der Waals surface area contributed by atoms with E-state index < -0.39 is 0 Å². The number of pyridine rings is 1. The van der Waals surface area contributed by atoms with Gasteiger partial charge >= 0.3 is 0 Å². The van der Waals surface area contributed by atoms with Crippen LogP contribution in [0.5, 0.6) is 5.75 Å². The fourth-order valence-corrected chi connectivity index (χ4v) is 1.95. The third-order valence-corrected chi connectivity index (χ3v) is 3.39. The monoisotopic (exact) mass is 278 g/mol. The molecule has 0 aliphatic carbocycles. The Labute approximate surface area is 121 Å². The molecular formula is C15H26N4O.